The summed E-state index contributed by atoms with van der Waals surface area (Å²) < 4.78 is 2.91. The van der Waals surface area contributed by atoms with Gasteiger partial charge in [0.25, 0.3) is 5.56 Å². The van der Waals surface area contributed by atoms with Crippen LogP contribution in [0.5, 0.6) is 0 Å². The van der Waals surface area contributed by atoms with Gasteiger partial charge in [0.15, 0.2) is 0 Å². The molecule has 0 aliphatic carbocycles. The first-order chi connectivity index (χ1) is 8.16. The molecular weight excluding hydrogens is 325 g/mol. The van der Waals surface area contributed by atoms with Crippen LogP contribution in [-0.2, 0) is 13.0 Å². The molecular formula is C14H14INO. The molecule has 1 aromatic carbocycles. The van der Waals surface area contributed by atoms with E-state index in [9.17, 15) is 4.79 Å². The van der Waals surface area contributed by atoms with Crippen molar-refractivity contribution >= 4 is 22.6 Å². The van der Waals surface area contributed by atoms with Crippen molar-refractivity contribution in [3.05, 3.63) is 67.6 Å². The van der Waals surface area contributed by atoms with E-state index in [1.54, 1.807) is 10.6 Å². The van der Waals surface area contributed by atoms with Gasteiger partial charge in [-0.2, -0.15) is 0 Å². The molecule has 0 fully saturated rings. The van der Waals surface area contributed by atoms with Gasteiger partial charge in [-0.05, 0) is 47.1 Å². The summed E-state index contributed by atoms with van der Waals surface area (Å²) >= 11 is 2.26. The Morgan fingerprint density at radius 3 is 2.65 bits per heavy atom. The summed E-state index contributed by atoms with van der Waals surface area (Å²) in [5.74, 6) is 0. The number of hydrogen-bond acceptors (Lipinski definition) is 1. The lowest BCUT2D eigenvalue weighted by Gasteiger charge is -2.07. The number of benzene rings is 1. The average molecular weight is 339 g/mol. The lowest BCUT2D eigenvalue weighted by molar-refractivity contribution is 0.665. The molecule has 0 bridgehead atoms. The Labute approximate surface area is 114 Å². The van der Waals surface area contributed by atoms with E-state index in [4.69, 9.17) is 0 Å². The topological polar surface area (TPSA) is 22.0 Å². The monoisotopic (exact) mass is 339 g/mol. The number of hydrogen-bond donors (Lipinski definition) is 0. The summed E-state index contributed by atoms with van der Waals surface area (Å²) in [6.45, 7) is 2.70. The predicted molar refractivity (Wildman–Crippen MR) is 78.3 cm³/mol. The third-order valence-electron chi connectivity index (χ3n) is 2.75. The SMILES string of the molecule is Cc1cc(=O)n(CCc2ccccc2)cc1I. The summed E-state index contributed by atoms with van der Waals surface area (Å²) in [6, 6.07) is 11.9. The lowest BCUT2D eigenvalue weighted by atomic mass is 10.1. The van der Waals surface area contributed by atoms with Crippen LogP contribution >= 0.6 is 22.6 Å². The van der Waals surface area contributed by atoms with E-state index in [2.05, 4.69) is 34.7 Å². The van der Waals surface area contributed by atoms with Crippen LogP contribution in [0, 0.1) is 10.5 Å². The van der Waals surface area contributed by atoms with Crippen LogP contribution in [0.1, 0.15) is 11.1 Å². The van der Waals surface area contributed by atoms with E-state index in [-0.39, 0.29) is 5.56 Å². The average Bonchev–Trinajstić information content (AvgIpc) is 2.33. The molecule has 88 valence electrons. The lowest BCUT2D eigenvalue weighted by Crippen LogP contribution is -2.20. The van der Waals surface area contributed by atoms with Crippen LogP contribution < -0.4 is 5.56 Å². The quantitative estimate of drug-likeness (QED) is 0.788. The fourth-order valence-corrected chi connectivity index (χ4v) is 2.20. The summed E-state index contributed by atoms with van der Waals surface area (Å²) in [7, 11) is 0. The molecule has 0 spiro atoms. The largest absolute Gasteiger partial charge is 0.314 e. The molecule has 2 nitrogen and oxygen atoms in total. The number of rotatable bonds is 3. The number of nitrogens with zero attached hydrogens (tertiary/aromatic N) is 1. The number of pyridine rings is 1. The van der Waals surface area contributed by atoms with E-state index in [0.717, 1.165) is 22.1 Å². The second-order valence-corrected chi connectivity index (χ2v) is 5.23. The molecule has 0 unspecified atom stereocenters. The van der Waals surface area contributed by atoms with Crippen molar-refractivity contribution in [3.63, 3.8) is 0 Å². The van der Waals surface area contributed by atoms with E-state index in [1.165, 1.54) is 5.56 Å². The highest BCUT2D eigenvalue weighted by molar-refractivity contribution is 14.1. The zero-order valence-electron chi connectivity index (χ0n) is 9.69. The first-order valence-corrected chi connectivity index (χ1v) is 6.65. The standard InChI is InChI=1S/C14H14INO/c1-11-9-14(17)16(10-13(11)15)8-7-12-5-3-2-4-6-12/h2-6,9-10H,7-8H2,1H3. The molecule has 0 N–H and O–H groups in total. The summed E-state index contributed by atoms with van der Waals surface area (Å²) in [4.78, 5) is 11.8. The van der Waals surface area contributed by atoms with Crippen LogP contribution in [0.4, 0.5) is 0 Å². The van der Waals surface area contributed by atoms with Gasteiger partial charge in [0, 0.05) is 22.4 Å². The Balaban J connectivity index is 2.15. The molecule has 0 saturated carbocycles. The third-order valence-corrected chi connectivity index (χ3v) is 3.88. The highest BCUT2D eigenvalue weighted by Gasteiger charge is 2.01. The maximum Gasteiger partial charge on any atom is 0.250 e. The molecule has 0 aliphatic rings. The first kappa shape index (κ1) is 12.4. The minimum atomic E-state index is 0.0823. The van der Waals surface area contributed by atoms with E-state index < -0.39 is 0 Å². The highest BCUT2D eigenvalue weighted by atomic mass is 127. The third kappa shape index (κ3) is 3.19. The molecule has 2 aromatic rings. The van der Waals surface area contributed by atoms with Crippen LogP contribution in [0.3, 0.4) is 0 Å². The van der Waals surface area contributed by atoms with Crippen molar-refractivity contribution in [2.24, 2.45) is 0 Å². The normalized spacial score (nSPS) is 10.5. The molecule has 0 atom stereocenters. The van der Waals surface area contributed by atoms with Crippen LogP contribution in [0.15, 0.2) is 47.4 Å². The Hall–Kier alpha value is -1.10. The van der Waals surface area contributed by atoms with Gasteiger partial charge in [0.1, 0.15) is 0 Å². The van der Waals surface area contributed by atoms with Gasteiger partial charge in [-0.1, -0.05) is 30.3 Å². The number of aromatic nitrogens is 1. The Morgan fingerprint density at radius 2 is 1.94 bits per heavy atom. The van der Waals surface area contributed by atoms with Crippen LogP contribution in [-0.4, -0.2) is 4.57 Å². The van der Waals surface area contributed by atoms with Crippen molar-refractivity contribution in [1.82, 2.24) is 4.57 Å². The minimum absolute atomic E-state index is 0.0823. The van der Waals surface area contributed by atoms with Crippen molar-refractivity contribution in [2.75, 3.05) is 0 Å². The van der Waals surface area contributed by atoms with E-state index in [0.29, 0.717) is 0 Å². The highest BCUT2D eigenvalue weighted by Crippen LogP contribution is 2.08. The molecule has 0 amide bonds. The maximum atomic E-state index is 11.8. The van der Waals surface area contributed by atoms with Gasteiger partial charge in [-0.3, -0.25) is 4.79 Å². The first-order valence-electron chi connectivity index (χ1n) is 5.57. The molecule has 1 aromatic heterocycles. The molecule has 3 heteroatoms. The minimum Gasteiger partial charge on any atom is -0.314 e. The smallest absolute Gasteiger partial charge is 0.250 e. The Kier molecular flexibility index (Phi) is 3.99. The van der Waals surface area contributed by atoms with Crippen molar-refractivity contribution in [2.45, 2.75) is 19.9 Å². The predicted octanol–water partition coefficient (Wildman–Crippen LogP) is 3.00. The van der Waals surface area contributed by atoms with Gasteiger partial charge in [0.2, 0.25) is 0 Å². The molecule has 17 heavy (non-hydrogen) atoms. The van der Waals surface area contributed by atoms with Gasteiger partial charge >= 0.3 is 0 Å². The molecule has 0 aliphatic heterocycles. The van der Waals surface area contributed by atoms with Gasteiger partial charge in [0.05, 0.1) is 0 Å². The number of halogens is 1. The summed E-state index contributed by atoms with van der Waals surface area (Å²) in [6.07, 6.45) is 2.82. The molecule has 0 radical (unpaired) electrons. The Bertz CT molecular complexity index is 560. The van der Waals surface area contributed by atoms with Crippen molar-refractivity contribution in [3.8, 4) is 0 Å². The maximum absolute atomic E-state index is 11.8. The van der Waals surface area contributed by atoms with Gasteiger partial charge < -0.3 is 4.57 Å². The number of aryl methyl sites for hydroxylation is 3. The summed E-state index contributed by atoms with van der Waals surface area (Å²) in [5.41, 5.74) is 2.39. The molecule has 2 rings (SSSR count). The molecule has 0 saturated heterocycles. The molecule has 1 heterocycles. The second-order valence-electron chi connectivity index (χ2n) is 4.07. The fraction of sp³-hybridized carbons (Fsp3) is 0.214. The van der Waals surface area contributed by atoms with Gasteiger partial charge in [-0.15, -0.1) is 0 Å². The van der Waals surface area contributed by atoms with E-state index in [1.807, 2.05) is 31.3 Å². The van der Waals surface area contributed by atoms with E-state index >= 15 is 0 Å². The van der Waals surface area contributed by atoms with Crippen molar-refractivity contribution < 1.29 is 0 Å². The zero-order valence-corrected chi connectivity index (χ0v) is 11.8. The zero-order chi connectivity index (χ0) is 12.3. The summed E-state index contributed by atoms with van der Waals surface area (Å²) in [5, 5.41) is 0. The fourth-order valence-electron chi connectivity index (χ4n) is 1.71. The van der Waals surface area contributed by atoms with Crippen molar-refractivity contribution in [1.29, 1.82) is 0 Å². The second kappa shape index (κ2) is 5.49. The van der Waals surface area contributed by atoms with Gasteiger partial charge in [-0.25, -0.2) is 0 Å². The van der Waals surface area contributed by atoms with Crippen LogP contribution in [0.2, 0.25) is 0 Å². The van der Waals surface area contributed by atoms with Crippen LogP contribution in [0.25, 0.3) is 0 Å². The Morgan fingerprint density at radius 1 is 1.24 bits per heavy atom.